The predicted molar refractivity (Wildman–Crippen MR) is 130 cm³/mol. The van der Waals surface area contributed by atoms with Crippen LogP contribution in [0.15, 0.2) is 53.7 Å². The minimum Gasteiger partial charge on any atom is -0.490 e. The van der Waals surface area contributed by atoms with Crippen LogP contribution in [-0.4, -0.2) is 79.7 Å². The summed E-state index contributed by atoms with van der Waals surface area (Å²) in [6.45, 7) is 9.68. The Morgan fingerprint density at radius 1 is 1.03 bits per heavy atom. The molecule has 2 aromatic rings. The Morgan fingerprint density at radius 2 is 1.78 bits per heavy atom. The van der Waals surface area contributed by atoms with Crippen LogP contribution in [0.2, 0.25) is 0 Å². The zero-order valence-electron chi connectivity index (χ0n) is 19.4. The fraction of sp³-hybridized carbons (Fsp3) is 0.520. The van der Waals surface area contributed by atoms with Gasteiger partial charge in [-0.3, -0.25) is 0 Å². The summed E-state index contributed by atoms with van der Waals surface area (Å²) in [5.74, 6) is 3.02. The van der Waals surface area contributed by atoms with E-state index in [4.69, 9.17) is 14.7 Å². The predicted octanol–water partition coefficient (Wildman–Crippen LogP) is 2.84. The van der Waals surface area contributed by atoms with Crippen molar-refractivity contribution in [2.24, 2.45) is 4.99 Å². The quantitative estimate of drug-likeness (QED) is 0.555. The first-order chi connectivity index (χ1) is 15.7. The van der Waals surface area contributed by atoms with Gasteiger partial charge in [0.05, 0.1) is 6.54 Å². The van der Waals surface area contributed by atoms with Crippen molar-refractivity contribution in [3.63, 3.8) is 0 Å². The molecule has 1 aromatic heterocycles. The van der Waals surface area contributed by atoms with Gasteiger partial charge in [0.2, 0.25) is 0 Å². The summed E-state index contributed by atoms with van der Waals surface area (Å²) in [5.41, 5.74) is 1.19. The highest BCUT2D eigenvalue weighted by Crippen LogP contribution is 2.21. The molecule has 0 aliphatic carbocycles. The Balaban J connectivity index is 1.38. The molecular formula is C25H36N6O. The first-order valence-electron chi connectivity index (χ1n) is 11.8. The largest absolute Gasteiger partial charge is 0.490 e. The number of aromatic nitrogens is 1. The van der Waals surface area contributed by atoms with Crippen LogP contribution in [0.4, 0.5) is 5.82 Å². The molecule has 0 saturated carbocycles. The van der Waals surface area contributed by atoms with Gasteiger partial charge in [0.25, 0.3) is 0 Å². The van der Waals surface area contributed by atoms with Crippen molar-refractivity contribution in [1.82, 2.24) is 20.1 Å². The summed E-state index contributed by atoms with van der Waals surface area (Å²) in [4.78, 5) is 16.8. The Hall–Kier alpha value is -2.80. The van der Waals surface area contributed by atoms with Crippen LogP contribution in [-0.2, 0) is 6.54 Å². The lowest BCUT2D eigenvalue weighted by Crippen LogP contribution is -2.47. The van der Waals surface area contributed by atoms with Crippen molar-refractivity contribution >= 4 is 11.8 Å². The molecule has 0 unspecified atom stereocenters. The molecule has 4 rings (SSSR count). The molecule has 2 aliphatic heterocycles. The molecule has 7 nitrogen and oxygen atoms in total. The molecule has 7 heteroatoms. The number of anilines is 1. The van der Waals surface area contributed by atoms with E-state index in [0.29, 0.717) is 6.54 Å². The van der Waals surface area contributed by atoms with Crippen molar-refractivity contribution in [2.45, 2.75) is 32.4 Å². The third-order valence-electron chi connectivity index (χ3n) is 6.19. The minimum absolute atomic E-state index is 0.263. The number of aliphatic imine (C=N–C) groups is 1. The molecule has 0 amide bonds. The van der Waals surface area contributed by atoms with Crippen LogP contribution < -0.4 is 15.0 Å². The van der Waals surface area contributed by atoms with E-state index in [2.05, 4.69) is 40.1 Å². The van der Waals surface area contributed by atoms with Crippen LogP contribution in [0.5, 0.6) is 5.75 Å². The Labute approximate surface area is 192 Å². The van der Waals surface area contributed by atoms with Crippen LogP contribution in [0, 0.1) is 0 Å². The van der Waals surface area contributed by atoms with Gasteiger partial charge in [0, 0.05) is 70.4 Å². The number of likely N-dealkylation sites (N-methyl/N-ethyl adjacent to an activating group) is 1. The molecule has 0 atom stereocenters. The van der Waals surface area contributed by atoms with Crippen molar-refractivity contribution in [1.29, 1.82) is 0 Å². The first-order valence-corrected chi connectivity index (χ1v) is 11.8. The lowest BCUT2D eigenvalue weighted by molar-refractivity contribution is 0.129. The van der Waals surface area contributed by atoms with Crippen molar-refractivity contribution < 1.29 is 4.74 Å². The Morgan fingerprint density at radius 3 is 2.50 bits per heavy atom. The number of guanidine groups is 1. The second-order valence-electron chi connectivity index (χ2n) is 8.56. The third kappa shape index (κ3) is 5.91. The number of pyridine rings is 1. The highest BCUT2D eigenvalue weighted by atomic mass is 16.5. The maximum Gasteiger partial charge on any atom is 0.194 e. The van der Waals surface area contributed by atoms with Gasteiger partial charge in [-0.15, -0.1) is 0 Å². The van der Waals surface area contributed by atoms with Gasteiger partial charge in [-0.1, -0.05) is 24.3 Å². The Kier molecular flexibility index (Phi) is 7.82. The number of benzene rings is 1. The fourth-order valence-corrected chi connectivity index (χ4v) is 4.32. The number of piperazine rings is 1. The molecule has 2 saturated heterocycles. The van der Waals surface area contributed by atoms with Crippen LogP contribution in [0.1, 0.15) is 25.3 Å². The summed E-state index contributed by atoms with van der Waals surface area (Å²) < 4.78 is 6.16. The highest BCUT2D eigenvalue weighted by Gasteiger charge is 2.23. The van der Waals surface area contributed by atoms with Gasteiger partial charge in [0.1, 0.15) is 17.7 Å². The van der Waals surface area contributed by atoms with Crippen molar-refractivity contribution in [3.8, 4) is 5.75 Å². The van der Waals surface area contributed by atoms with Gasteiger partial charge >= 0.3 is 0 Å². The number of hydrogen-bond acceptors (Lipinski definition) is 5. The molecule has 0 spiro atoms. The SMILES string of the molecule is CCNC(=NCc1cccnc1N1CCN(C)CC1)N1CCC(Oc2ccccc2)CC1. The van der Waals surface area contributed by atoms with E-state index in [1.807, 2.05) is 42.6 Å². The first kappa shape index (κ1) is 22.4. The van der Waals surface area contributed by atoms with E-state index in [1.54, 1.807) is 0 Å². The number of ether oxygens (including phenoxy) is 1. The second kappa shape index (κ2) is 11.2. The standard InChI is InChI=1S/C25H36N6O/c1-3-26-25(31-14-11-23(12-15-31)32-22-9-5-4-6-10-22)28-20-21-8-7-13-27-24(21)30-18-16-29(2)17-19-30/h4-10,13,23H,3,11-12,14-20H2,1-2H3,(H,26,28). The average molecular weight is 437 g/mol. The summed E-state index contributed by atoms with van der Waals surface area (Å²) in [7, 11) is 2.18. The van der Waals surface area contributed by atoms with Gasteiger partial charge in [-0.2, -0.15) is 0 Å². The summed E-state index contributed by atoms with van der Waals surface area (Å²) in [6.07, 6.45) is 4.15. The van der Waals surface area contributed by atoms with Gasteiger partial charge < -0.3 is 24.8 Å². The maximum atomic E-state index is 6.16. The Bertz CT molecular complexity index is 858. The fourth-order valence-electron chi connectivity index (χ4n) is 4.32. The van der Waals surface area contributed by atoms with Crippen molar-refractivity contribution in [2.75, 3.05) is 57.8 Å². The molecule has 1 aromatic carbocycles. The van der Waals surface area contributed by atoms with Crippen LogP contribution in [0.25, 0.3) is 0 Å². The van der Waals surface area contributed by atoms with Gasteiger partial charge in [0.15, 0.2) is 5.96 Å². The number of likely N-dealkylation sites (tertiary alicyclic amines) is 1. The zero-order chi connectivity index (χ0) is 22.2. The minimum atomic E-state index is 0.263. The molecule has 0 bridgehead atoms. The zero-order valence-corrected chi connectivity index (χ0v) is 19.4. The highest BCUT2D eigenvalue weighted by molar-refractivity contribution is 5.80. The smallest absolute Gasteiger partial charge is 0.194 e. The molecule has 2 aliphatic rings. The molecule has 0 radical (unpaired) electrons. The number of rotatable bonds is 6. The number of para-hydroxylation sites is 1. The van der Waals surface area contributed by atoms with E-state index < -0.39 is 0 Å². The number of nitrogens with one attached hydrogen (secondary N) is 1. The monoisotopic (exact) mass is 436 g/mol. The van der Waals surface area contributed by atoms with Crippen LogP contribution >= 0.6 is 0 Å². The molecule has 172 valence electrons. The van der Waals surface area contributed by atoms with E-state index >= 15 is 0 Å². The maximum absolute atomic E-state index is 6.16. The molecular weight excluding hydrogens is 400 g/mol. The molecule has 32 heavy (non-hydrogen) atoms. The topological polar surface area (TPSA) is 56.2 Å². The molecule has 2 fully saturated rings. The average Bonchev–Trinajstić information content (AvgIpc) is 2.84. The summed E-state index contributed by atoms with van der Waals surface area (Å²) >= 11 is 0. The summed E-state index contributed by atoms with van der Waals surface area (Å²) in [6, 6.07) is 14.3. The second-order valence-corrected chi connectivity index (χ2v) is 8.56. The van der Waals surface area contributed by atoms with E-state index in [1.165, 1.54) is 5.56 Å². The van der Waals surface area contributed by atoms with Gasteiger partial charge in [-0.05, 0) is 32.2 Å². The lowest BCUT2D eigenvalue weighted by atomic mass is 10.1. The molecule has 1 N–H and O–H groups in total. The van der Waals surface area contributed by atoms with Crippen LogP contribution in [0.3, 0.4) is 0 Å². The molecule has 3 heterocycles. The lowest BCUT2D eigenvalue weighted by Gasteiger charge is -2.35. The summed E-state index contributed by atoms with van der Waals surface area (Å²) in [5, 5.41) is 3.49. The van der Waals surface area contributed by atoms with E-state index in [9.17, 15) is 0 Å². The number of nitrogens with zero attached hydrogens (tertiary/aromatic N) is 5. The van der Waals surface area contributed by atoms with Gasteiger partial charge in [-0.25, -0.2) is 9.98 Å². The normalized spacial score (nSPS) is 18.6. The third-order valence-corrected chi connectivity index (χ3v) is 6.19. The number of hydrogen-bond donors (Lipinski definition) is 1. The van der Waals surface area contributed by atoms with E-state index in [0.717, 1.165) is 76.2 Å². The van der Waals surface area contributed by atoms with E-state index in [-0.39, 0.29) is 6.10 Å². The number of piperidine rings is 1. The van der Waals surface area contributed by atoms with Crippen molar-refractivity contribution in [3.05, 3.63) is 54.2 Å².